The molecule has 6 heteroatoms. The van der Waals surface area contributed by atoms with E-state index in [0.717, 1.165) is 30.2 Å². The SMILES string of the molecule is CN=C(NCCc1ccco1)NCc1ccc(Cl)nc1. The molecule has 106 valence electrons. The van der Waals surface area contributed by atoms with Gasteiger partial charge in [0.15, 0.2) is 5.96 Å². The normalized spacial score (nSPS) is 11.4. The van der Waals surface area contributed by atoms with Gasteiger partial charge in [0.25, 0.3) is 0 Å². The summed E-state index contributed by atoms with van der Waals surface area (Å²) in [5.74, 6) is 1.70. The van der Waals surface area contributed by atoms with E-state index in [1.165, 1.54) is 0 Å². The topological polar surface area (TPSA) is 62.5 Å². The molecular formula is C14H17ClN4O. The van der Waals surface area contributed by atoms with Crippen molar-refractivity contribution in [3.8, 4) is 0 Å². The van der Waals surface area contributed by atoms with E-state index >= 15 is 0 Å². The molecule has 0 aliphatic carbocycles. The van der Waals surface area contributed by atoms with Gasteiger partial charge in [-0.1, -0.05) is 17.7 Å². The third-order valence-electron chi connectivity index (χ3n) is 2.72. The maximum atomic E-state index is 5.74. The third kappa shape index (κ3) is 4.59. The van der Waals surface area contributed by atoms with Gasteiger partial charge in [-0.3, -0.25) is 4.99 Å². The first-order valence-corrected chi connectivity index (χ1v) is 6.73. The highest BCUT2D eigenvalue weighted by Gasteiger charge is 2.00. The molecule has 2 rings (SSSR count). The number of nitrogens with one attached hydrogen (secondary N) is 2. The van der Waals surface area contributed by atoms with Crippen LogP contribution in [0.5, 0.6) is 0 Å². The van der Waals surface area contributed by atoms with Crippen LogP contribution < -0.4 is 10.6 Å². The van der Waals surface area contributed by atoms with Gasteiger partial charge in [-0.25, -0.2) is 4.98 Å². The summed E-state index contributed by atoms with van der Waals surface area (Å²) in [5, 5.41) is 6.93. The number of furan rings is 1. The van der Waals surface area contributed by atoms with Gasteiger partial charge in [0.2, 0.25) is 0 Å². The molecule has 20 heavy (non-hydrogen) atoms. The monoisotopic (exact) mass is 292 g/mol. The zero-order valence-corrected chi connectivity index (χ0v) is 12.0. The van der Waals surface area contributed by atoms with Gasteiger partial charge in [-0.05, 0) is 23.8 Å². The minimum Gasteiger partial charge on any atom is -0.469 e. The molecule has 0 bridgehead atoms. The number of hydrogen-bond acceptors (Lipinski definition) is 3. The largest absolute Gasteiger partial charge is 0.469 e. The maximum absolute atomic E-state index is 5.74. The molecule has 2 aromatic heterocycles. The van der Waals surface area contributed by atoms with Crippen LogP contribution in [0.15, 0.2) is 46.1 Å². The van der Waals surface area contributed by atoms with E-state index in [9.17, 15) is 0 Å². The number of aliphatic imine (C=N–C) groups is 1. The van der Waals surface area contributed by atoms with Crippen LogP contribution in [0.2, 0.25) is 5.15 Å². The van der Waals surface area contributed by atoms with Crippen LogP contribution in [0.3, 0.4) is 0 Å². The lowest BCUT2D eigenvalue weighted by Crippen LogP contribution is -2.37. The number of guanidine groups is 1. The van der Waals surface area contributed by atoms with Crippen molar-refractivity contribution in [3.63, 3.8) is 0 Å². The zero-order valence-electron chi connectivity index (χ0n) is 11.3. The Morgan fingerprint density at radius 2 is 2.25 bits per heavy atom. The van der Waals surface area contributed by atoms with Gasteiger partial charge < -0.3 is 15.1 Å². The van der Waals surface area contributed by atoms with Crippen molar-refractivity contribution in [1.82, 2.24) is 15.6 Å². The fourth-order valence-electron chi connectivity index (χ4n) is 1.68. The van der Waals surface area contributed by atoms with Crippen LogP contribution in [0.4, 0.5) is 0 Å². The van der Waals surface area contributed by atoms with Crippen molar-refractivity contribution in [3.05, 3.63) is 53.2 Å². The molecule has 2 heterocycles. The Balaban J connectivity index is 1.73. The van der Waals surface area contributed by atoms with Crippen molar-refractivity contribution >= 4 is 17.6 Å². The second-order valence-electron chi connectivity index (χ2n) is 4.17. The van der Waals surface area contributed by atoms with E-state index in [1.54, 1.807) is 25.6 Å². The fraction of sp³-hybridized carbons (Fsp3) is 0.286. The Morgan fingerprint density at radius 3 is 2.90 bits per heavy atom. The summed E-state index contributed by atoms with van der Waals surface area (Å²) in [6, 6.07) is 7.54. The first-order valence-electron chi connectivity index (χ1n) is 6.35. The summed E-state index contributed by atoms with van der Waals surface area (Å²) >= 11 is 5.74. The van der Waals surface area contributed by atoms with E-state index in [-0.39, 0.29) is 0 Å². The molecule has 0 aliphatic rings. The molecule has 0 spiro atoms. The number of hydrogen-bond donors (Lipinski definition) is 2. The average Bonchev–Trinajstić information content (AvgIpc) is 2.97. The van der Waals surface area contributed by atoms with Gasteiger partial charge in [0.05, 0.1) is 6.26 Å². The molecule has 0 radical (unpaired) electrons. The van der Waals surface area contributed by atoms with Crippen LogP contribution in [0.25, 0.3) is 0 Å². The molecule has 0 amide bonds. The first-order chi connectivity index (χ1) is 9.78. The van der Waals surface area contributed by atoms with Crippen molar-refractivity contribution in [2.24, 2.45) is 4.99 Å². The van der Waals surface area contributed by atoms with Crippen molar-refractivity contribution < 1.29 is 4.42 Å². The van der Waals surface area contributed by atoms with Crippen LogP contribution in [0, 0.1) is 0 Å². The number of rotatable bonds is 5. The Labute approximate surface area is 123 Å². The molecule has 0 atom stereocenters. The number of aromatic nitrogens is 1. The second-order valence-corrected chi connectivity index (χ2v) is 4.56. The highest BCUT2D eigenvalue weighted by molar-refractivity contribution is 6.29. The van der Waals surface area contributed by atoms with Crippen LogP contribution in [-0.2, 0) is 13.0 Å². The summed E-state index contributed by atoms with van der Waals surface area (Å²) < 4.78 is 5.27. The lowest BCUT2D eigenvalue weighted by atomic mass is 10.3. The Kier molecular flexibility index (Phi) is 5.43. The molecule has 0 fully saturated rings. The molecule has 0 aliphatic heterocycles. The van der Waals surface area contributed by atoms with Gasteiger partial charge in [-0.15, -0.1) is 0 Å². The lowest BCUT2D eigenvalue weighted by molar-refractivity contribution is 0.507. The van der Waals surface area contributed by atoms with Gasteiger partial charge in [0, 0.05) is 32.8 Å². The highest BCUT2D eigenvalue weighted by atomic mass is 35.5. The maximum Gasteiger partial charge on any atom is 0.191 e. The van der Waals surface area contributed by atoms with E-state index in [1.807, 2.05) is 18.2 Å². The molecule has 2 aromatic rings. The number of pyridine rings is 1. The minimum absolute atomic E-state index is 0.495. The van der Waals surface area contributed by atoms with Gasteiger partial charge in [0.1, 0.15) is 10.9 Å². The molecule has 0 unspecified atom stereocenters. The Bertz CT molecular complexity index is 537. The number of nitrogens with zero attached hydrogens (tertiary/aromatic N) is 2. The summed E-state index contributed by atoms with van der Waals surface area (Å²) in [4.78, 5) is 8.19. The van der Waals surface area contributed by atoms with Crippen molar-refractivity contribution in [1.29, 1.82) is 0 Å². The van der Waals surface area contributed by atoms with Gasteiger partial charge >= 0.3 is 0 Å². The average molecular weight is 293 g/mol. The van der Waals surface area contributed by atoms with Crippen molar-refractivity contribution in [2.45, 2.75) is 13.0 Å². The summed E-state index contributed by atoms with van der Waals surface area (Å²) in [5.41, 5.74) is 1.04. The summed E-state index contributed by atoms with van der Waals surface area (Å²) in [7, 11) is 1.74. The third-order valence-corrected chi connectivity index (χ3v) is 2.94. The molecule has 0 saturated heterocycles. The summed E-state index contributed by atoms with van der Waals surface area (Å²) in [6.07, 6.45) is 4.23. The number of halogens is 1. The Hall–Kier alpha value is -2.01. The molecule has 5 nitrogen and oxygen atoms in total. The summed E-state index contributed by atoms with van der Waals surface area (Å²) in [6.45, 7) is 1.40. The standard InChI is InChI=1S/C14H17ClN4O/c1-16-14(17-7-6-12-3-2-8-20-12)19-10-11-4-5-13(15)18-9-11/h2-5,8-9H,6-7,10H2,1H3,(H2,16,17,19). The highest BCUT2D eigenvalue weighted by Crippen LogP contribution is 2.04. The second kappa shape index (κ2) is 7.55. The van der Waals surface area contributed by atoms with Gasteiger partial charge in [-0.2, -0.15) is 0 Å². The smallest absolute Gasteiger partial charge is 0.191 e. The Morgan fingerprint density at radius 1 is 1.35 bits per heavy atom. The fourth-order valence-corrected chi connectivity index (χ4v) is 1.79. The van der Waals surface area contributed by atoms with E-state index in [4.69, 9.17) is 16.0 Å². The lowest BCUT2D eigenvalue weighted by Gasteiger charge is -2.11. The van der Waals surface area contributed by atoms with E-state index in [0.29, 0.717) is 11.7 Å². The van der Waals surface area contributed by atoms with E-state index in [2.05, 4.69) is 20.6 Å². The quantitative estimate of drug-likeness (QED) is 0.504. The minimum atomic E-state index is 0.495. The predicted molar refractivity (Wildman–Crippen MR) is 79.9 cm³/mol. The molecular weight excluding hydrogens is 276 g/mol. The van der Waals surface area contributed by atoms with Crippen LogP contribution in [-0.4, -0.2) is 24.5 Å². The molecule has 0 saturated carbocycles. The van der Waals surface area contributed by atoms with E-state index < -0.39 is 0 Å². The van der Waals surface area contributed by atoms with Crippen LogP contribution in [0.1, 0.15) is 11.3 Å². The predicted octanol–water partition coefficient (Wildman–Crippen LogP) is 2.24. The molecule has 0 aromatic carbocycles. The first kappa shape index (κ1) is 14.4. The zero-order chi connectivity index (χ0) is 14.2. The molecule has 2 N–H and O–H groups in total. The van der Waals surface area contributed by atoms with Crippen LogP contribution >= 0.6 is 11.6 Å². The van der Waals surface area contributed by atoms with Crippen molar-refractivity contribution in [2.75, 3.05) is 13.6 Å².